The predicted octanol–water partition coefficient (Wildman–Crippen LogP) is 4.72. The average Bonchev–Trinajstić information content (AvgIpc) is 2.46. The molecule has 0 heterocycles. The number of hydrogen-bond acceptors (Lipinski definition) is 2. The Morgan fingerprint density at radius 2 is 1.85 bits per heavy atom. The maximum atomic E-state index is 3.69. The van der Waals surface area contributed by atoms with Crippen LogP contribution in [0.25, 0.3) is 0 Å². The third-order valence-electron chi connectivity index (χ3n) is 4.01. The molecule has 0 aliphatic carbocycles. The summed E-state index contributed by atoms with van der Waals surface area (Å²) in [4.78, 5) is 0. The normalized spacial score (nSPS) is 14.4. The zero-order chi connectivity index (χ0) is 14.8. The fourth-order valence-corrected chi connectivity index (χ4v) is 3.47. The molecule has 1 N–H and O–H groups in total. The number of thioether (sulfide) groups is 1. The molecule has 1 atom stereocenters. The van der Waals surface area contributed by atoms with Crippen LogP contribution in [-0.4, -0.2) is 24.6 Å². The van der Waals surface area contributed by atoms with Gasteiger partial charge in [-0.1, -0.05) is 58.0 Å². The lowest BCUT2D eigenvalue weighted by Crippen LogP contribution is -2.39. The summed E-state index contributed by atoms with van der Waals surface area (Å²) in [6.45, 7) is 11.3. The van der Waals surface area contributed by atoms with Gasteiger partial charge in [0.2, 0.25) is 0 Å². The van der Waals surface area contributed by atoms with Gasteiger partial charge >= 0.3 is 0 Å². The first-order valence-electron chi connectivity index (χ1n) is 7.98. The molecule has 20 heavy (non-hydrogen) atoms. The van der Waals surface area contributed by atoms with Crippen molar-refractivity contribution in [3.8, 4) is 0 Å². The fraction of sp³-hybridized carbons (Fsp3) is 0.667. The highest BCUT2D eigenvalue weighted by Gasteiger charge is 2.29. The van der Waals surface area contributed by atoms with Crippen LogP contribution in [0.2, 0.25) is 0 Å². The summed E-state index contributed by atoms with van der Waals surface area (Å²) in [6.07, 6.45) is 2.46. The molecule has 0 aromatic heterocycles. The van der Waals surface area contributed by atoms with Crippen molar-refractivity contribution in [3.63, 3.8) is 0 Å². The molecule has 1 unspecified atom stereocenters. The van der Waals surface area contributed by atoms with E-state index in [2.05, 4.69) is 75.1 Å². The van der Waals surface area contributed by atoms with E-state index in [1.807, 2.05) is 0 Å². The third kappa shape index (κ3) is 5.49. The molecule has 0 radical (unpaired) electrons. The number of hydrogen-bond donors (Lipinski definition) is 1. The van der Waals surface area contributed by atoms with Gasteiger partial charge in [0.25, 0.3) is 0 Å². The maximum absolute atomic E-state index is 3.69. The highest BCUT2D eigenvalue weighted by atomic mass is 32.2. The molecule has 1 aromatic carbocycles. The molecule has 1 nitrogen and oxygen atoms in total. The standard InChI is InChI=1S/C18H31NS/c1-5-18(12-13-20-6-2,15-19-14-16(3)4)17-10-8-7-9-11-17/h7-11,16,19H,5-6,12-15H2,1-4H3. The molecule has 0 amide bonds. The van der Waals surface area contributed by atoms with Crippen LogP contribution >= 0.6 is 11.8 Å². The monoisotopic (exact) mass is 293 g/mol. The molecule has 0 fully saturated rings. The van der Waals surface area contributed by atoms with Crippen molar-refractivity contribution in [2.75, 3.05) is 24.6 Å². The van der Waals surface area contributed by atoms with E-state index in [1.165, 1.54) is 29.9 Å². The second-order valence-corrected chi connectivity index (χ2v) is 7.37. The number of benzene rings is 1. The van der Waals surface area contributed by atoms with Gasteiger partial charge in [0, 0.05) is 12.0 Å². The van der Waals surface area contributed by atoms with Gasteiger partial charge in [-0.15, -0.1) is 0 Å². The molecular weight excluding hydrogens is 262 g/mol. The fourth-order valence-electron chi connectivity index (χ4n) is 2.64. The third-order valence-corrected chi connectivity index (χ3v) is 4.91. The van der Waals surface area contributed by atoms with Gasteiger partial charge in [0.15, 0.2) is 0 Å². The lowest BCUT2D eigenvalue weighted by molar-refractivity contribution is 0.361. The van der Waals surface area contributed by atoms with Crippen molar-refractivity contribution in [1.82, 2.24) is 5.32 Å². The average molecular weight is 294 g/mol. The topological polar surface area (TPSA) is 12.0 Å². The predicted molar refractivity (Wildman–Crippen MR) is 93.7 cm³/mol. The van der Waals surface area contributed by atoms with E-state index in [0.717, 1.165) is 13.1 Å². The summed E-state index contributed by atoms with van der Waals surface area (Å²) >= 11 is 2.06. The minimum atomic E-state index is 0.290. The first kappa shape index (κ1) is 17.6. The molecule has 1 rings (SSSR count). The van der Waals surface area contributed by atoms with Crippen molar-refractivity contribution in [3.05, 3.63) is 35.9 Å². The van der Waals surface area contributed by atoms with Gasteiger partial charge in [0.05, 0.1) is 0 Å². The Balaban J connectivity index is 2.79. The lowest BCUT2D eigenvalue weighted by Gasteiger charge is -2.34. The van der Waals surface area contributed by atoms with E-state index in [0.29, 0.717) is 5.92 Å². The molecule has 0 spiro atoms. The van der Waals surface area contributed by atoms with Crippen molar-refractivity contribution < 1.29 is 0 Å². The molecule has 2 heteroatoms. The molecular formula is C18H31NS. The van der Waals surface area contributed by atoms with Crippen LogP contribution in [0.4, 0.5) is 0 Å². The summed E-state index contributed by atoms with van der Waals surface area (Å²) < 4.78 is 0. The van der Waals surface area contributed by atoms with Crippen molar-refractivity contribution >= 4 is 11.8 Å². The van der Waals surface area contributed by atoms with E-state index in [4.69, 9.17) is 0 Å². The second kappa shape index (κ2) is 9.46. The van der Waals surface area contributed by atoms with E-state index in [1.54, 1.807) is 0 Å². The van der Waals surface area contributed by atoms with Crippen LogP contribution in [0.1, 0.15) is 46.1 Å². The summed E-state index contributed by atoms with van der Waals surface area (Å²) in [5, 5.41) is 3.69. The molecule has 0 bridgehead atoms. The van der Waals surface area contributed by atoms with Crippen LogP contribution in [0, 0.1) is 5.92 Å². The SMILES string of the molecule is CCSCCC(CC)(CNCC(C)C)c1ccccc1. The minimum Gasteiger partial charge on any atom is -0.316 e. The van der Waals surface area contributed by atoms with E-state index < -0.39 is 0 Å². The number of nitrogens with one attached hydrogen (secondary N) is 1. The van der Waals surface area contributed by atoms with Crippen LogP contribution in [0.5, 0.6) is 0 Å². The van der Waals surface area contributed by atoms with E-state index in [-0.39, 0.29) is 5.41 Å². The molecule has 0 saturated heterocycles. The lowest BCUT2D eigenvalue weighted by atomic mass is 9.75. The smallest absolute Gasteiger partial charge is 0.00830 e. The van der Waals surface area contributed by atoms with Crippen molar-refractivity contribution in [2.45, 2.75) is 46.0 Å². The van der Waals surface area contributed by atoms with E-state index >= 15 is 0 Å². The largest absolute Gasteiger partial charge is 0.316 e. The molecule has 1 aromatic rings. The zero-order valence-corrected chi connectivity index (χ0v) is 14.4. The quantitative estimate of drug-likeness (QED) is 0.626. The summed E-state index contributed by atoms with van der Waals surface area (Å²) in [7, 11) is 0. The Morgan fingerprint density at radius 3 is 2.40 bits per heavy atom. The number of rotatable bonds is 10. The Hall–Kier alpha value is -0.470. The minimum absolute atomic E-state index is 0.290. The first-order valence-corrected chi connectivity index (χ1v) is 9.14. The maximum Gasteiger partial charge on any atom is 0.00830 e. The molecule has 0 aliphatic rings. The Bertz CT molecular complexity index is 350. The highest BCUT2D eigenvalue weighted by Crippen LogP contribution is 2.32. The van der Waals surface area contributed by atoms with Crippen molar-refractivity contribution in [1.29, 1.82) is 0 Å². The molecule has 114 valence electrons. The molecule has 0 saturated carbocycles. The van der Waals surface area contributed by atoms with E-state index in [9.17, 15) is 0 Å². The van der Waals surface area contributed by atoms with Gasteiger partial charge in [-0.3, -0.25) is 0 Å². The Morgan fingerprint density at radius 1 is 1.15 bits per heavy atom. The Kier molecular flexibility index (Phi) is 8.32. The summed E-state index contributed by atoms with van der Waals surface area (Å²) in [6, 6.07) is 11.1. The van der Waals surface area contributed by atoms with Gasteiger partial charge < -0.3 is 5.32 Å². The second-order valence-electron chi connectivity index (χ2n) is 5.97. The molecule has 0 aliphatic heterocycles. The first-order chi connectivity index (χ1) is 9.64. The van der Waals surface area contributed by atoms with Gasteiger partial charge in [-0.25, -0.2) is 0 Å². The van der Waals surface area contributed by atoms with Gasteiger partial charge in [-0.05, 0) is 42.4 Å². The summed E-state index contributed by atoms with van der Waals surface area (Å²) in [5.74, 6) is 3.18. The van der Waals surface area contributed by atoms with Crippen LogP contribution < -0.4 is 5.32 Å². The van der Waals surface area contributed by atoms with Crippen LogP contribution in [0.15, 0.2) is 30.3 Å². The van der Waals surface area contributed by atoms with Crippen LogP contribution in [-0.2, 0) is 5.41 Å². The zero-order valence-electron chi connectivity index (χ0n) is 13.6. The summed E-state index contributed by atoms with van der Waals surface area (Å²) in [5.41, 5.74) is 1.79. The van der Waals surface area contributed by atoms with Crippen LogP contribution in [0.3, 0.4) is 0 Å². The highest BCUT2D eigenvalue weighted by molar-refractivity contribution is 7.99. The van der Waals surface area contributed by atoms with Gasteiger partial charge in [-0.2, -0.15) is 11.8 Å². The van der Waals surface area contributed by atoms with Crippen molar-refractivity contribution in [2.24, 2.45) is 5.92 Å². The van der Waals surface area contributed by atoms with Gasteiger partial charge in [0.1, 0.15) is 0 Å². The Labute approximate surface area is 129 Å².